The second kappa shape index (κ2) is 7.48. The van der Waals surface area contributed by atoms with Crippen LogP contribution in [0.25, 0.3) is 0 Å². The lowest BCUT2D eigenvalue weighted by atomic mass is 10.0. The third-order valence-electron chi connectivity index (χ3n) is 3.13. The first-order valence-electron chi connectivity index (χ1n) is 6.59. The lowest BCUT2D eigenvalue weighted by Crippen LogP contribution is -2.23. The normalized spacial score (nSPS) is 25.2. The summed E-state index contributed by atoms with van der Waals surface area (Å²) in [4.78, 5) is 11.8. The molecular formula is C14H24O2. The van der Waals surface area contributed by atoms with Crippen LogP contribution in [0.2, 0.25) is 0 Å². The molecule has 0 aromatic rings. The molecule has 0 radical (unpaired) electrons. The summed E-state index contributed by atoms with van der Waals surface area (Å²) in [6.07, 6.45) is 11.9. The van der Waals surface area contributed by atoms with Gasteiger partial charge in [0.2, 0.25) is 0 Å². The van der Waals surface area contributed by atoms with Gasteiger partial charge in [-0.3, -0.25) is 4.79 Å². The number of hydrogen-bond donors (Lipinski definition) is 0. The third kappa shape index (κ3) is 4.82. The maximum absolute atomic E-state index is 11.8. The smallest absolute Gasteiger partial charge is 0.308 e. The zero-order valence-electron chi connectivity index (χ0n) is 10.6. The van der Waals surface area contributed by atoms with E-state index in [1.807, 2.05) is 6.92 Å². The minimum atomic E-state index is -0.00333. The molecule has 92 valence electrons. The number of hydrogen-bond acceptors (Lipinski definition) is 2. The molecule has 0 saturated heterocycles. The van der Waals surface area contributed by atoms with E-state index in [1.54, 1.807) is 0 Å². The topological polar surface area (TPSA) is 26.3 Å². The van der Waals surface area contributed by atoms with Gasteiger partial charge in [0.15, 0.2) is 0 Å². The molecule has 0 aromatic heterocycles. The average Bonchev–Trinajstić information content (AvgIpc) is 2.22. The molecule has 0 amide bonds. The van der Waals surface area contributed by atoms with Crippen molar-refractivity contribution in [1.29, 1.82) is 0 Å². The number of allylic oxidation sites excluding steroid dienone is 2. The molecular weight excluding hydrogens is 200 g/mol. The predicted molar refractivity (Wildman–Crippen MR) is 66.2 cm³/mol. The van der Waals surface area contributed by atoms with Gasteiger partial charge in [0.25, 0.3) is 0 Å². The average molecular weight is 224 g/mol. The van der Waals surface area contributed by atoms with E-state index in [0.717, 1.165) is 44.9 Å². The van der Waals surface area contributed by atoms with Crippen molar-refractivity contribution in [2.75, 3.05) is 0 Å². The number of ether oxygens (including phenoxy) is 1. The molecule has 0 N–H and O–H groups in total. The molecule has 0 aliphatic heterocycles. The second-order valence-electron chi connectivity index (χ2n) is 4.73. The third-order valence-corrected chi connectivity index (χ3v) is 3.13. The van der Waals surface area contributed by atoms with Crippen molar-refractivity contribution in [2.45, 2.75) is 64.9 Å². The van der Waals surface area contributed by atoms with Gasteiger partial charge in [-0.25, -0.2) is 0 Å². The Labute approximate surface area is 99.1 Å². The summed E-state index contributed by atoms with van der Waals surface area (Å²) in [6, 6.07) is 0. The predicted octanol–water partition coefficient (Wildman–Crippen LogP) is 3.85. The highest BCUT2D eigenvalue weighted by atomic mass is 16.5. The van der Waals surface area contributed by atoms with Gasteiger partial charge in [-0.2, -0.15) is 0 Å². The molecule has 0 bridgehead atoms. The van der Waals surface area contributed by atoms with Gasteiger partial charge in [0.05, 0.1) is 5.92 Å². The molecule has 1 aliphatic rings. The monoisotopic (exact) mass is 224 g/mol. The fraction of sp³-hybridized carbons (Fsp3) is 0.786. The highest BCUT2D eigenvalue weighted by Gasteiger charge is 2.19. The number of esters is 1. The van der Waals surface area contributed by atoms with Crippen molar-refractivity contribution >= 4 is 5.97 Å². The lowest BCUT2D eigenvalue weighted by Gasteiger charge is -2.20. The fourth-order valence-corrected chi connectivity index (χ4v) is 2.07. The summed E-state index contributed by atoms with van der Waals surface area (Å²) in [5, 5.41) is 0. The summed E-state index contributed by atoms with van der Waals surface area (Å²) < 4.78 is 5.57. The van der Waals surface area contributed by atoms with Crippen molar-refractivity contribution in [3.05, 3.63) is 12.2 Å². The number of carbonyl (C=O) groups excluding carboxylic acids is 1. The first-order chi connectivity index (χ1) is 7.74. The molecule has 0 aromatic carbocycles. The van der Waals surface area contributed by atoms with Crippen molar-refractivity contribution in [1.82, 2.24) is 0 Å². The largest absolute Gasteiger partial charge is 0.462 e. The first-order valence-corrected chi connectivity index (χ1v) is 6.59. The molecule has 2 heteroatoms. The Bertz CT molecular complexity index is 233. The molecule has 0 spiro atoms. The van der Waals surface area contributed by atoms with Crippen LogP contribution in [-0.2, 0) is 9.53 Å². The van der Waals surface area contributed by atoms with Gasteiger partial charge in [-0.05, 0) is 38.5 Å². The summed E-state index contributed by atoms with van der Waals surface area (Å²) >= 11 is 0. The Morgan fingerprint density at radius 3 is 2.88 bits per heavy atom. The van der Waals surface area contributed by atoms with Crippen LogP contribution in [0.5, 0.6) is 0 Å². The molecule has 0 fully saturated rings. The van der Waals surface area contributed by atoms with Crippen LogP contribution in [0, 0.1) is 5.92 Å². The van der Waals surface area contributed by atoms with E-state index >= 15 is 0 Å². The Morgan fingerprint density at radius 1 is 1.38 bits per heavy atom. The van der Waals surface area contributed by atoms with E-state index in [9.17, 15) is 4.79 Å². The summed E-state index contributed by atoms with van der Waals surface area (Å²) in [6.45, 7) is 4.07. The Kier molecular flexibility index (Phi) is 6.20. The molecule has 1 rings (SSSR count). The molecule has 16 heavy (non-hydrogen) atoms. The van der Waals surface area contributed by atoms with E-state index in [2.05, 4.69) is 19.1 Å². The Morgan fingerprint density at radius 2 is 2.12 bits per heavy atom. The van der Waals surface area contributed by atoms with E-state index in [0.29, 0.717) is 0 Å². The molecule has 2 unspecified atom stereocenters. The molecule has 0 heterocycles. The minimum Gasteiger partial charge on any atom is -0.462 e. The van der Waals surface area contributed by atoms with Crippen LogP contribution < -0.4 is 0 Å². The quantitative estimate of drug-likeness (QED) is 0.535. The molecule has 2 atom stereocenters. The van der Waals surface area contributed by atoms with E-state index < -0.39 is 0 Å². The van der Waals surface area contributed by atoms with E-state index in [4.69, 9.17) is 4.74 Å². The van der Waals surface area contributed by atoms with Crippen LogP contribution >= 0.6 is 0 Å². The van der Waals surface area contributed by atoms with Crippen LogP contribution in [0.4, 0.5) is 0 Å². The minimum absolute atomic E-state index is 0.00333. The molecule has 2 nitrogen and oxygen atoms in total. The van der Waals surface area contributed by atoms with Gasteiger partial charge in [0, 0.05) is 0 Å². The second-order valence-corrected chi connectivity index (χ2v) is 4.73. The van der Waals surface area contributed by atoms with Crippen molar-refractivity contribution in [3.63, 3.8) is 0 Å². The van der Waals surface area contributed by atoms with Crippen LogP contribution in [-0.4, -0.2) is 12.1 Å². The number of rotatable bonds is 4. The SMILES string of the molecule is CCCC(C)C(=O)OC1CC/C=C/CCC1. The molecule has 1 aliphatic carbocycles. The number of carbonyl (C=O) groups is 1. The summed E-state index contributed by atoms with van der Waals surface area (Å²) in [7, 11) is 0. The van der Waals surface area contributed by atoms with Crippen LogP contribution in [0.3, 0.4) is 0 Å². The lowest BCUT2D eigenvalue weighted by molar-refractivity contribution is -0.154. The highest BCUT2D eigenvalue weighted by molar-refractivity contribution is 5.72. The zero-order chi connectivity index (χ0) is 11.8. The first kappa shape index (κ1) is 13.3. The highest BCUT2D eigenvalue weighted by Crippen LogP contribution is 2.18. The van der Waals surface area contributed by atoms with Gasteiger partial charge in [-0.1, -0.05) is 32.4 Å². The summed E-state index contributed by atoms with van der Waals surface area (Å²) in [5.74, 6) is 0.0578. The van der Waals surface area contributed by atoms with Crippen molar-refractivity contribution in [2.24, 2.45) is 5.92 Å². The van der Waals surface area contributed by atoms with Gasteiger partial charge < -0.3 is 4.74 Å². The molecule has 0 saturated carbocycles. The maximum atomic E-state index is 11.8. The Hall–Kier alpha value is -0.790. The van der Waals surface area contributed by atoms with Gasteiger partial charge >= 0.3 is 5.97 Å². The summed E-state index contributed by atoms with van der Waals surface area (Å²) in [5.41, 5.74) is 0. The zero-order valence-corrected chi connectivity index (χ0v) is 10.6. The standard InChI is InChI=1S/C14H24O2/c1-3-9-12(2)14(15)16-13-10-7-5-4-6-8-11-13/h4-5,12-13H,3,6-11H2,1-2H3/b5-4+. The fourth-order valence-electron chi connectivity index (χ4n) is 2.07. The van der Waals surface area contributed by atoms with E-state index in [1.165, 1.54) is 0 Å². The maximum Gasteiger partial charge on any atom is 0.308 e. The Balaban J connectivity index is 2.33. The van der Waals surface area contributed by atoms with Crippen LogP contribution in [0.15, 0.2) is 12.2 Å². The van der Waals surface area contributed by atoms with E-state index in [-0.39, 0.29) is 18.0 Å². The van der Waals surface area contributed by atoms with Crippen molar-refractivity contribution < 1.29 is 9.53 Å². The van der Waals surface area contributed by atoms with Gasteiger partial charge in [0.1, 0.15) is 6.10 Å². The van der Waals surface area contributed by atoms with Crippen LogP contribution in [0.1, 0.15) is 58.8 Å². The van der Waals surface area contributed by atoms with Gasteiger partial charge in [-0.15, -0.1) is 0 Å². The van der Waals surface area contributed by atoms with Crippen molar-refractivity contribution in [3.8, 4) is 0 Å².